The van der Waals surface area contributed by atoms with Crippen LogP contribution in [0.3, 0.4) is 0 Å². The van der Waals surface area contributed by atoms with Gasteiger partial charge in [-0.05, 0) is 49.4 Å². The number of rotatable bonds is 6. The highest BCUT2D eigenvalue weighted by Gasteiger charge is 2.27. The summed E-state index contributed by atoms with van der Waals surface area (Å²) in [6.07, 6.45) is 0. The second-order valence-electron chi connectivity index (χ2n) is 7.15. The zero-order valence-electron chi connectivity index (χ0n) is 17.7. The summed E-state index contributed by atoms with van der Waals surface area (Å²) in [5.74, 6) is 0.334. The maximum atomic E-state index is 12.9. The minimum absolute atomic E-state index is 0.0845. The zero-order chi connectivity index (χ0) is 22.7. The number of carbonyl (C=O) groups excluding carboxylic acids is 1. The lowest BCUT2D eigenvalue weighted by atomic mass is 10.1. The average Bonchev–Trinajstić information content (AvgIpc) is 3.19. The van der Waals surface area contributed by atoms with E-state index >= 15 is 0 Å². The number of carbonyl (C=O) groups is 1. The van der Waals surface area contributed by atoms with Crippen LogP contribution in [0.4, 0.5) is 5.13 Å². The van der Waals surface area contributed by atoms with Crippen LogP contribution in [0.15, 0.2) is 53.4 Å². The van der Waals surface area contributed by atoms with Gasteiger partial charge >= 0.3 is 0 Å². The molecule has 32 heavy (non-hydrogen) atoms. The van der Waals surface area contributed by atoms with Gasteiger partial charge < -0.3 is 9.47 Å². The van der Waals surface area contributed by atoms with Gasteiger partial charge in [-0.25, -0.2) is 13.4 Å². The molecule has 0 bridgehead atoms. The van der Waals surface area contributed by atoms with Crippen molar-refractivity contribution in [3.8, 4) is 17.0 Å². The summed E-state index contributed by atoms with van der Waals surface area (Å²) in [6, 6.07) is 13.6. The van der Waals surface area contributed by atoms with E-state index in [0.29, 0.717) is 31.4 Å². The van der Waals surface area contributed by atoms with Crippen molar-refractivity contribution in [2.24, 2.45) is 0 Å². The standard InChI is InChI=1S/C22H23N3O5S2/c1-15-20(16-6-8-18(29-2)9-7-16)23-22(31-15)24-21(26)17-4-3-5-19(14-17)32(27,28)25-10-12-30-13-11-25/h3-9,14H,10-13H2,1-2H3,(H,23,24,26). The maximum absolute atomic E-state index is 12.9. The number of nitrogens with one attached hydrogen (secondary N) is 1. The Labute approximate surface area is 190 Å². The van der Waals surface area contributed by atoms with E-state index in [1.54, 1.807) is 19.2 Å². The Morgan fingerprint density at radius 1 is 1.16 bits per heavy atom. The van der Waals surface area contributed by atoms with E-state index in [4.69, 9.17) is 9.47 Å². The largest absolute Gasteiger partial charge is 0.497 e. The van der Waals surface area contributed by atoms with Crippen LogP contribution in [0, 0.1) is 6.92 Å². The smallest absolute Gasteiger partial charge is 0.257 e. The summed E-state index contributed by atoms with van der Waals surface area (Å²) in [6.45, 7) is 3.25. The predicted molar refractivity (Wildman–Crippen MR) is 123 cm³/mol. The van der Waals surface area contributed by atoms with Crippen molar-refractivity contribution in [3.05, 3.63) is 59.0 Å². The van der Waals surface area contributed by atoms with Crippen LogP contribution < -0.4 is 10.1 Å². The molecule has 0 saturated carbocycles. The first-order chi connectivity index (χ1) is 15.4. The molecule has 168 valence electrons. The van der Waals surface area contributed by atoms with Crippen LogP contribution in [0.25, 0.3) is 11.3 Å². The fourth-order valence-electron chi connectivity index (χ4n) is 3.37. The second-order valence-corrected chi connectivity index (χ2v) is 10.3. The van der Waals surface area contributed by atoms with Crippen molar-refractivity contribution in [1.29, 1.82) is 0 Å². The van der Waals surface area contributed by atoms with E-state index < -0.39 is 15.9 Å². The molecule has 0 aliphatic carbocycles. The van der Waals surface area contributed by atoms with Gasteiger partial charge in [0, 0.05) is 29.1 Å². The van der Waals surface area contributed by atoms with Crippen molar-refractivity contribution >= 4 is 32.4 Å². The number of aromatic nitrogens is 1. The average molecular weight is 474 g/mol. The monoisotopic (exact) mass is 473 g/mol. The third-order valence-corrected chi connectivity index (χ3v) is 7.87. The number of amides is 1. The van der Waals surface area contributed by atoms with Crippen LogP contribution in [0.2, 0.25) is 0 Å². The summed E-state index contributed by atoms with van der Waals surface area (Å²) < 4.78 is 37.6. The van der Waals surface area contributed by atoms with Gasteiger partial charge in [-0.15, -0.1) is 11.3 Å². The van der Waals surface area contributed by atoms with Crippen molar-refractivity contribution in [3.63, 3.8) is 0 Å². The van der Waals surface area contributed by atoms with Gasteiger partial charge in [-0.3, -0.25) is 10.1 Å². The minimum Gasteiger partial charge on any atom is -0.497 e. The molecule has 1 N–H and O–H groups in total. The highest BCUT2D eigenvalue weighted by molar-refractivity contribution is 7.89. The van der Waals surface area contributed by atoms with Gasteiger partial charge in [0.25, 0.3) is 5.91 Å². The normalized spacial score (nSPS) is 14.8. The lowest BCUT2D eigenvalue weighted by Crippen LogP contribution is -2.40. The summed E-state index contributed by atoms with van der Waals surface area (Å²) in [7, 11) is -2.08. The molecule has 1 saturated heterocycles. The lowest BCUT2D eigenvalue weighted by molar-refractivity contribution is 0.0730. The van der Waals surface area contributed by atoms with Crippen LogP contribution >= 0.6 is 11.3 Å². The van der Waals surface area contributed by atoms with Crippen LogP contribution in [-0.4, -0.2) is 57.0 Å². The first-order valence-electron chi connectivity index (χ1n) is 9.99. The zero-order valence-corrected chi connectivity index (χ0v) is 19.3. The molecule has 1 aliphatic heterocycles. The summed E-state index contributed by atoms with van der Waals surface area (Å²) in [5.41, 5.74) is 1.94. The number of methoxy groups -OCH3 is 1. The van der Waals surface area contributed by atoms with Crippen molar-refractivity contribution in [2.45, 2.75) is 11.8 Å². The number of anilines is 1. The molecule has 2 aromatic carbocycles. The summed E-state index contributed by atoms with van der Waals surface area (Å²) in [4.78, 5) is 18.4. The molecule has 1 amide bonds. The molecule has 3 aromatic rings. The Balaban J connectivity index is 1.53. The number of sulfonamides is 1. The van der Waals surface area contributed by atoms with E-state index in [1.807, 2.05) is 31.2 Å². The molecule has 8 nitrogen and oxygen atoms in total. The van der Waals surface area contributed by atoms with E-state index in [1.165, 1.54) is 27.8 Å². The second kappa shape index (κ2) is 9.37. The van der Waals surface area contributed by atoms with Crippen LogP contribution in [0.5, 0.6) is 5.75 Å². The van der Waals surface area contributed by atoms with E-state index in [2.05, 4.69) is 10.3 Å². The minimum atomic E-state index is -3.69. The molecule has 0 spiro atoms. The van der Waals surface area contributed by atoms with Gasteiger partial charge in [-0.2, -0.15) is 4.31 Å². The predicted octanol–water partition coefficient (Wildman–Crippen LogP) is 3.40. The SMILES string of the molecule is COc1ccc(-c2nc(NC(=O)c3cccc(S(=O)(=O)N4CCOCC4)c3)sc2C)cc1. The molecule has 1 aromatic heterocycles. The van der Waals surface area contributed by atoms with E-state index in [0.717, 1.165) is 21.9 Å². The fraction of sp³-hybridized carbons (Fsp3) is 0.273. The molecule has 2 heterocycles. The quantitative estimate of drug-likeness (QED) is 0.589. The number of nitrogens with zero attached hydrogens (tertiary/aromatic N) is 2. The van der Waals surface area contributed by atoms with Gasteiger partial charge in [-0.1, -0.05) is 6.07 Å². The van der Waals surface area contributed by atoms with Gasteiger partial charge in [0.1, 0.15) is 5.75 Å². The highest BCUT2D eigenvalue weighted by atomic mass is 32.2. The van der Waals surface area contributed by atoms with Crippen molar-refractivity contribution in [2.75, 3.05) is 38.7 Å². The number of hydrogen-bond donors (Lipinski definition) is 1. The number of hydrogen-bond acceptors (Lipinski definition) is 7. The number of benzene rings is 2. The molecule has 4 rings (SSSR count). The molecular weight excluding hydrogens is 450 g/mol. The molecule has 0 atom stereocenters. The summed E-state index contributed by atoms with van der Waals surface area (Å²) >= 11 is 1.36. The first-order valence-corrected chi connectivity index (χ1v) is 12.3. The van der Waals surface area contributed by atoms with E-state index in [9.17, 15) is 13.2 Å². The number of morpholine rings is 1. The third-order valence-electron chi connectivity index (χ3n) is 5.08. The maximum Gasteiger partial charge on any atom is 0.257 e. The van der Waals surface area contributed by atoms with Gasteiger partial charge in [0.15, 0.2) is 5.13 Å². The van der Waals surface area contributed by atoms with Gasteiger partial charge in [0.05, 0.1) is 30.9 Å². The Bertz CT molecular complexity index is 1220. The number of thiazole rings is 1. The van der Waals surface area contributed by atoms with Crippen LogP contribution in [-0.2, 0) is 14.8 Å². The molecule has 0 radical (unpaired) electrons. The highest BCUT2D eigenvalue weighted by Crippen LogP contribution is 2.31. The lowest BCUT2D eigenvalue weighted by Gasteiger charge is -2.26. The molecule has 10 heteroatoms. The Morgan fingerprint density at radius 2 is 1.88 bits per heavy atom. The van der Waals surface area contributed by atoms with Crippen molar-refractivity contribution in [1.82, 2.24) is 9.29 Å². The molecule has 1 fully saturated rings. The fourth-order valence-corrected chi connectivity index (χ4v) is 5.65. The topological polar surface area (TPSA) is 97.8 Å². The van der Waals surface area contributed by atoms with Crippen molar-refractivity contribution < 1.29 is 22.7 Å². The summed E-state index contributed by atoms with van der Waals surface area (Å²) in [5, 5.41) is 3.23. The Kier molecular flexibility index (Phi) is 6.56. The first kappa shape index (κ1) is 22.4. The Morgan fingerprint density at radius 3 is 2.56 bits per heavy atom. The van der Waals surface area contributed by atoms with E-state index in [-0.39, 0.29) is 10.5 Å². The Hall–Kier alpha value is -2.79. The van der Waals surface area contributed by atoms with Crippen LogP contribution in [0.1, 0.15) is 15.2 Å². The molecule has 1 aliphatic rings. The molecular formula is C22H23N3O5S2. The third kappa shape index (κ3) is 4.68. The molecule has 0 unspecified atom stereocenters. The number of ether oxygens (including phenoxy) is 2. The number of aryl methyl sites for hydroxylation is 1. The van der Waals surface area contributed by atoms with Gasteiger partial charge in [0.2, 0.25) is 10.0 Å².